The smallest absolute Gasteiger partial charge is 0.309 e. The number of aliphatic hydroxyl groups is 4. The molecule has 344 valence electrons. The highest BCUT2D eigenvalue weighted by atomic mass is 16.8. The molecule has 0 aliphatic carbocycles. The van der Waals surface area contributed by atoms with Gasteiger partial charge >= 0.3 is 11.9 Å². The van der Waals surface area contributed by atoms with E-state index in [1.807, 2.05) is 52.2 Å². The van der Waals surface area contributed by atoms with Crippen LogP contribution < -0.4 is 5.73 Å². The standard InChI is InChI=1S/C42H70N2O16/c1-22-19-27(17-18-45)37(60-41-35(48)34(43)36(25(4)55-41)58-33-21-42(6,51)39(49)40(50)59-33)38(52-9)30(56-26(5)46)20-31(47)53-23(2)13-11-10-12-14-29(22)57-32-16-15-28(44(7)8)24(3)54-32/h10-12,14,18,22-25,27-30,32-41,48-51H,13,15-17,19-21,43H2,1-9H3/b11-10+,14-12+/t22-,23-,24+,25+,27+,28-,29-,30-,32-,33-,34+,35+,36+,37+,38+,39+,40-,41-,42-/m1/s1. The zero-order valence-corrected chi connectivity index (χ0v) is 36.4. The first-order valence-corrected chi connectivity index (χ1v) is 21.0. The monoisotopic (exact) mass is 858 g/mol. The fourth-order valence-corrected chi connectivity index (χ4v) is 8.59. The van der Waals surface area contributed by atoms with Crippen LogP contribution in [0.2, 0.25) is 0 Å². The number of aldehydes is 1. The van der Waals surface area contributed by atoms with E-state index in [2.05, 4.69) is 4.90 Å². The number of allylic oxidation sites excluding steroid dienone is 2. The molecule has 0 aromatic carbocycles. The Kier molecular flexibility index (Phi) is 19.1. The molecule has 4 aliphatic rings. The van der Waals surface area contributed by atoms with Gasteiger partial charge in [0, 0.05) is 39.3 Å². The van der Waals surface area contributed by atoms with Gasteiger partial charge in [-0.1, -0.05) is 31.2 Å². The Balaban J connectivity index is 1.68. The molecule has 0 bridgehead atoms. The van der Waals surface area contributed by atoms with E-state index in [0.29, 0.717) is 12.8 Å². The minimum absolute atomic E-state index is 0.0791. The molecule has 0 amide bonds. The van der Waals surface area contributed by atoms with E-state index in [4.69, 9.17) is 48.4 Å². The first-order chi connectivity index (χ1) is 28.3. The van der Waals surface area contributed by atoms with E-state index in [0.717, 1.165) is 12.7 Å². The van der Waals surface area contributed by atoms with Gasteiger partial charge in [0.2, 0.25) is 0 Å². The summed E-state index contributed by atoms with van der Waals surface area (Å²) in [7, 11) is 5.40. The molecule has 3 fully saturated rings. The van der Waals surface area contributed by atoms with Gasteiger partial charge in [0.15, 0.2) is 25.2 Å². The molecule has 0 spiro atoms. The zero-order valence-electron chi connectivity index (χ0n) is 36.4. The predicted octanol–water partition coefficient (Wildman–Crippen LogP) is 1.22. The highest BCUT2D eigenvalue weighted by Gasteiger charge is 2.51. The molecule has 3 saturated heterocycles. The van der Waals surface area contributed by atoms with Crippen molar-refractivity contribution in [3.05, 3.63) is 24.3 Å². The number of ether oxygens (including phenoxy) is 9. The lowest BCUT2D eigenvalue weighted by molar-refractivity contribution is -0.358. The molecule has 18 nitrogen and oxygen atoms in total. The summed E-state index contributed by atoms with van der Waals surface area (Å²) >= 11 is 0. The topological polar surface area (TPSA) is 244 Å². The summed E-state index contributed by atoms with van der Waals surface area (Å²) in [6, 6.07) is -0.956. The first-order valence-electron chi connectivity index (χ1n) is 21.0. The van der Waals surface area contributed by atoms with Crippen molar-refractivity contribution in [3.8, 4) is 0 Å². The van der Waals surface area contributed by atoms with Crippen LogP contribution in [0.4, 0.5) is 0 Å². The van der Waals surface area contributed by atoms with Crippen LogP contribution in [0.15, 0.2) is 24.3 Å². The number of carbonyl (C=O) groups excluding carboxylic acids is 3. The quantitative estimate of drug-likeness (QED) is 0.145. The van der Waals surface area contributed by atoms with Crippen molar-refractivity contribution in [3.63, 3.8) is 0 Å². The summed E-state index contributed by atoms with van der Waals surface area (Å²) in [5.41, 5.74) is 4.82. The number of cyclic esters (lactones) is 1. The molecule has 0 unspecified atom stereocenters. The van der Waals surface area contributed by atoms with Crippen LogP contribution in [-0.4, -0.2) is 169 Å². The number of nitrogens with two attached hydrogens (primary N) is 1. The van der Waals surface area contributed by atoms with Crippen LogP contribution in [0.3, 0.4) is 0 Å². The van der Waals surface area contributed by atoms with E-state index >= 15 is 0 Å². The number of esters is 2. The third kappa shape index (κ3) is 13.5. The van der Waals surface area contributed by atoms with Crippen LogP contribution >= 0.6 is 0 Å². The summed E-state index contributed by atoms with van der Waals surface area (Å²) in [4.78, 5) is 40.6. The van der Waals surface area contributed by atoms with Gasteiger partial charge in [-0.2, -0.15) is 0 Å². The van der Waals surface area contributed by atoms with E-state index < -0.39 is 116 Å². The van der Waals surface area contributed by atoms with Crippen LogP contribution in [0.25, 0.3) is 0 Å². The highest BCUT2D eigenvalue weighted by molar-refractivity contribution is 5.72. The average Bonchev–Trinajstić information content (AvgIpc) is 3.15. The maximum Gasteiger partial charge on any atom is 0.309 e. The first kappa shape index (κ1) is 50.2. The zero-order chi connectivity index (χ0) is 44.5. The van der Waals surface area contributed by atoms with E-state index in [1.54, 1.807) is 13.8 Å². The largest absolute Gasteiger partial charge is 0.462 e. The maximum absolute atomic E-state index is 13.3. The Morgan fingerprint density at radius 3 is 2.32 bits per heavy atom. The lowest BCUT2D eigenvalue weighted by Gasteiger charge is -2.47. The van der Waals surface area contributed by atoms with Gasteiger partial charge in [0.25, 0.3) is 0 Å². The third-order valence-corrected chi connectivity index (χ3v) is 11.9. The number of nitrogens with zero attached hydrogens (tertiary/aromatic N) is 1. The molecule has 6 N–H and O–H groups in total. The van der Waals surface area contributed by atoms with E-state index in [-0.39, 0.29) is 37.3 Å². The Morgan fingerprint density at radius 2 is 1.70 bits per heavy atom. The van der Waals surface area contributed by atoms with E-state index in [9.17, 15) is 34.8 Å². The fraction of sp³-hybridized carbons (Fsp3) is 0.833. The Bertz CT molecular complexity index is 1430. The Labute approximate surface area is 353 Å². The second-order valence-corrected chi connectivity index (χ2v) is 17.2. The van der Waals surface area contributed by atoms with Crippen LogP contribution in [-0.2, 0) is 57.0 Å². The SMILES string of the molecule is CO[C@@H]1[C@@H](O[C@H]2O[C@@H](C)[C@H](O[C@H]3C[C@@](C)(O)[C@@H](O)[C@H](O)O3)[C@@H](N)[C@@H]2O)[C@@H](CC=O)C[C@@H](C)[C@H](O[C@@H]2CC[C@@H](N(C)C)[C@H](C)O2)/C=C/C=C/C[C@@H](C)OC(=O)C[C@H]1OC(C)=O. The van der Waals surface area contributed by atoms with Gasteiger partial charge in [-0.05, 0) is 72.9 Å². The summed E-state index contributed by atoms with van der Waals surface area (Å²) in [6.45, 7) is 9.87. The molecular formula is C42H70N2O16. The van der Waals surface area contributed by atoms with Gasteiger partial charge in [0.05, 0.1) is 42.5 Å². The highest BCUT2D eigenvalue weighted by Crippen LogP contribution is 2.36. The normalized spacial score (nSPS) is 45.0. The van der Waals surface area contributed by atoms with Gasteiger partial charge in [-0.15, -0.1) is 0 Å². The van der Waals surface area contributed by atoms with Gasteiger partial charge in [0.1, 0.15) is 42.9 Å². The van der Waals surface area contributed by atoms with Gasteiger partial charge < -0.3 is 78.5 Å². The van der Waals surface area contributed by atoms with Crippen molar-refractivity contribution in [2.24, 2.45) is 17.6 Å². The molecule has 0 aromatic heterocycles. The molecule has 0 radical (unpaired) electrons. The Morgan fingerprint density at radius 1 is 0.983 bits per heavy atom. The van der Waals surface area contributed by atoms with Crippen molar-refractivity contribution >= 4 is 18.2 Å². The predicted molar refractivity (Wildman–Crippen MR) is 213 cm³/mol. The number of aliphatic hydroxyl groups excluding tert-OH is 3. The summed E-state index contributed by atoms with van der Waals surface area (Å²) in [5, 5.41) is 42.7. The molecule has 4 rings (SSSR count). The lowest BCUT2D eigenvalue weighted by Crippen LogP contribution is -2.65. The van der Waals surface area contributed by atoms with Crippen molar-refractivity contribution in [1.29, 1.82) is 0 Å². The second kappa shape index (κ2) is 22.8. The van der Waals surface area contributed by atoms with Crippen molar-refractivity contribution < 1.29 is 77.4 Å². The fourth-order valence-electron chi connectivity index (χ4n) is 8.59. The molecule has 4 aliphatic heterocycles. The number of rotatable bonds is 11. The summed E-state index contributed by atoms with van der Waals surface area (Å²) in [6.07, 6.45) is -5.05. The average molecular weight is 859 g/mol. The number of methoxy groups -OCH3 is 1. The van der Waals surface area contributed by atoms with Gasteiger partial charge in [-0.25, -0.2) is 0 Å². The maximum atomic E-state index is 13.3. The molecule has 0 saturated carbocycles. The number of likely N-dealkylation sites (N-methyl/N-ethyl adjacent to an activating group) is 1. The minimum Gasteiger partial charge on any atom is -0.462 e. The van der Waals surface area contributed by atoms with Crippen LogP contribution in [0, 0.1) is 11.8 Å². The summed E-state index contributed by atoms with van der Waals surface area (Å²) < 4.78 is 54.6. The summed E-state index contributed by atoms with van der Waals surface area (Å²) in [5.74, 6) is -2.36. The molecule has 19 atom stereocenters. The third-order valence-electron chi connectivity index (χ3n) is 11.9. The van der Waals surface area contributed by atoms with Gasteiger partial charge in [-0.3, -0.25) is 9.59 Å². The van der Waals surface area contributed by atoms with Crippen LogP contribution in [0.5, 0.6) is 0 Å². The minimum atomic E-state index is -1.75. The molecule has 4 heterocycles. The van der Waals surface area contributed by atoms with Crippen LogP contribution in [0.1, 0.15) is 86.5 Å². The molecule has 0 aromatic rings. The molecule has 60 heavy (non-hydrogen) atoms. The van der Waals surface area contributed by atoms with Crippen molar-refractivity contribution in [2.45, 2.75) is 190 Å². The number of carbonyl (C=O) groups is 3. The lowest BCUT2D eigenvalue weighted by atomic mass is 9.82. The second-order valence-electron chi connectivity index (χ2n) is 17.2. The Hall–Kier alpha value is -2.43. The molecule has 18 heteroatoms. The molecular weight excluding hydrogens is 788 g/mol. The number of hydrogen-bond donors (Lipinski definition) is 5. The van der Waals surface area contributed by atoms with Crippen molar-refractivity contribution in [2.75, 3.05) is 21.2 Å². The number of hydrogen-bond acceptors (Lipinski definition) is 18. The van der Waals surface area contributed by atoms with Crippen molar-refractivity contribution in [1.82, 2.24) is 4.90 Å². The van der Waals surface area contributed by atoms with E-state index in [1.165, 1.54) is 21.0 Å².